The number of carbonyl (C=O) groups is 1. The van der Waals surface area contributed by atoms with Gasteiger partial charge in [-0.3, -0.25) is 4.79 Å². The van der Waals surface area contributed by atoms with Crippen LogP contribution in [0.3, 0.4) is 0 Å². The predicted octanol–water partition coefficient (Wildman–Crippen LogP) is -0.230. The molecule has 0 fully saturated rings. The monoisotopic (exact) mass is 315 g/mol. The smallest absolute Gasteiger partial charge is 0.251 e. The summed E-state index contributed by atoms with van der Waals surface area (Å²) in [6.07, 6.45) is 1.06. The number of anilines is 1. The molecule has 0 saturated heterocycles. The fourth-order valence-electron chi connectivity index (χ4n) is 1.57. The van der Waals surface area contributed by atoms with Gasteiger partial charge in [0.25, 0.3) is 5.91 Å². The number of hydrazine groups is 1. The molecule has 1 aromatic rings. The molecule has 0 aromatic carbocycles. The molecular weight excluding hydrogens is 294 g/mol. The Kier molecular flexibility index (Phi) is 6.06. The summed E-state index contributed by atoms with van der Waals surface area (Å²) in [6.45, 7) is 4.24. The molecule has 5 N–H and O–H groups in total. The van der Waals surface area contributed by atoms with Gasteiger partial charge in [0.05, 0.1) is 6.26 Å². The zero-order chi connectivity index (χ0) is 16.0. The third kappa shape index (κ3) is 6.06. The van der Waals surface area contributed by atoms with Crippen LogP contribution in [-0.2, 0) is 10.0 Å². The Balaban J connectivity index is 2.71. The van der Waals surface area contributed by atoms with E-state index in [4.69, 9.17) is 5.84 Å². The van der Waals surface area contributed by atoms with Crippen molar-refractivity contribution < 1.29 is 13.2 Å². The van der Waals surface area contributed by atoms with Crippen molar-refractivity contribution in [2.45, 2.75) is 19.8 Å². The van der Waals surface area contributed by atoms with Gasteiger partial charge in [-0.15, -0.1) is 0 Å². The van der Waals surface area contributed by atoms with E-state index in [1.165, 1.54) is 6.07 Å². The number of nitrogen functional groups attached to an aromatic ring is 1. The Bertz CT molecular complexity index is 601. The van der Waals surface area contributed by atoms with Gasteiger partial charge < -0.3 is 10.7 Å². The molecule has 118 valence electrons. The Morgan fingerprint density at radius 3 is 2.52 bits per heavy atom. The first-order chi connectivity index (χ1) is 9.73. The van der Waals surface area contributed by atoms with Gasteiger partial charge in [-0.1, -0.05) is 13.8 Å². The average Bonchev–Trinajstić information content (AvgIpc) is 2.41. The van der Waals surface area contributed by atoms with E-state index >= 15 is 0 Å². The number of hydrogen-bond donors (Lipinski definition) is 4. The van der Waals surface area contributed by atoms with Crippen molar-refractivity contribution in [3.63, 3.8) is 0 Å². The average molecular weight is 315 g/mol. The molecule has 0 aliphatic carbocycles. The van der Waals surface area contributed by atoms with Crippen LogP contribution in [-0.4, -0.2) is 38.7 Å². The third-order valence-electron chi connectivity index (χ3n) is 2.62. The lowest BCUT2D eigenvalue weighted by Gasteiger charge is -2.11. The Labute approximate surface area is 124 Å². The summed E-state index contributed by atoms with van der Waals surface area (Å²) < 4.78 is 24.1. The zero-order valence-corrected chi connectivity index (χ0v) is 13.1. The van der Waals surface area contributed by atoms with Gasteiger partial charge in [-0.05, 0) is 18.1 Å². The second-order valence-electron chi connectivity index (χ2n) is 4.89. The molecule has 1 amide bonds. The molecule has 1 heterocycles. The molecular formula is C12H21N5O3S. The minimum absolute atomic E-state index is 0.134. The highest BCUT2D eigenvalue weighted by Crippen LogP contribution is 2.17. The van der Waals surface area contributed by atoms with Gasteiger partial charge >= 0.3 is 0 Å². The van der Waals surface area contributed by atoms with Crippen LogP contribution in [0.5, 0.6) is 0 Å². The molecule has 21 heavy (non-hydrogen) atoms. The van der Waals surface area contributed by atoms with Crippen LogP contribution in [0.4, 0.5) is 5.82 Å². The quantitative estimate of drug-likeness (QED) is 0.313. The van der Waals surface area contributed by atoms with Crippen LogP contribution in [0.15, 0.2) is 12.1 Å². The van der Waals surface area contributed by atoms with Crippen LogP contribution in [0.25, 0.3) is 0 Å². The fourth-order valence-corrected chi connectivity index (χ4v) is 2.04. The van der Waals surface area contributed by atoms with Crippen molar-refractivity contribution in [3.8, 4) is 0 Å². The largest absolute Gasteiger partial charge is 0.351 e. The number of amides is 1. The molecule has 0 aliphatic rings. The molecule has 0 saturated carbocycles. The van der Waals surface area contributed by atoms with Crippen molar-refractivity contribution >= 4 is 21.7 Å². The maximum absolute atomic E-state index is 12.0. The highest BCUT2D eigenvalue weighted by Gasteiger charge is 2.11. The van der Waals surface area contributed by atoms with Crippen molar-refractivity contribution in [1.82, 2.24) is 15.0 Å². The summed E-state index contributed by atoms with van der Waals surface area (Å²) in [5.41, 5.74) is 3.58. The van der Waals surface area contributed by atoms with Crippen molar-refractivity contribution in [2.75, 3.05) is 24.8 Å². The van der Waals surface area contributed by atoms with E-state index in [9.17, 15) is 13.2 Å². The van der Waals surface area contributed by atoms with Crippen LogP contribution in [0.1, 0.15) is 35.8 Å². The van der Waals surface area contributed by atoms with Crippen LogP contribution >= 0.6 is 0 Å². The summed E-state index contributed by atoms with van der Waals surface area (Å²) in [5.74, 6) is 5.58. The summed E-state index contributed by atoms with van der Waals surface area (Å²) in [5, 5.41) is 2.63. The van der Waals surface area contributed by atoms with E-state index in [0.717, 1.165) is 11.9 Å². The van der Waals surface area contributed by atoms with Crippen molar-refractivity contribution in [2.24, 2.45) is 5.84 Å². The van der Waals surface area contributed by atoms with Crippen molar-refractivity contribution in [1.29, 1.82) is 0 Å². The van der Waals surface area contributed by atoms with E-state index in [1.54, 1.807) is 6.07 Å². The number of nitrogens with one attached hydrogen (secondary N) is 3. The number of hydrogen-bond acceptors (Lipinski definition) is 6. The number of pyridine rings is 1. The van der Waals surface area contributed by atoms with Gasteiger partial charge in [-0.25, -0.2) is 24.0 Å². The number of sulfonamides is 1. The molecule has 0 radical (unpaired) electrons. The Morgan fingerprint density at radius 1 is 1.33 bits per heavy atom. The number of carbonyl (C=O) groups excluding carboxylic acids is 1. The normalized spacial score (nSPS) is 11.5. The number of aromatic nitrogens is 1. The Morgan fingerprint density at radius 2 is 2.00 bits per heavy atom. The number of rotatable bonds is 7. The van der Waals surface area contributed by atoms with Crippen molar-refractivity contribution in [3.05, 3.63) is 23.4 Å². The molecule has 8 nitrogen and oxygen atoms in total. The lowest BCUT2D eigenvalue weighted by Crippen LogP contribution is -2.34. The van der Waals surface area contributed by atoms with E-state index < -0.39 is 10.0 Å². The summed E-state index contributed by atoms with van der Waals surface area (Å²) in [6, 6.07) is 3.22. The van der Waals surface area contributed by atoms with Crippen LogP contribution in [0, 0.1) is 0 Å². The zero-order valence-electron chi connectivity index (χ0n) is 12.3. The maximum atomic E-state index is 12.0. The third-order valence-corrected chi connectivity index (χ3v) is 3.35. The lowest BCUT2D eigenvalue weighted by molar-refractivity contribution is 0.0954. The highest BCUT2D eigenvalue weighted by molar-refractivity contribution is 7.88. The first-order valence-corrected chi connectivity index (χ1v) is 8.33. The van der Waals surface area contributed by atoms with E-state index in [2.05, 4.69) is 20.4 Å². The summed E-state index contributed by atoms with van der Waals surface area (Å²) >= 11 is 0. The van der Waals surface area contributed by atoms with Gasteiger partial charge in [0.15, 0.2) is 0 Å². The van der Waals surface area contributed by atoms with Gasteiger partial charge in [0.1, 0.15) is 5.82 Å². The molecule has 0 unspecified atom stereocenters. The SMILES string of the molecule is CC(C)c1cc(C(=O)NCCNS(C)(=O)=O)cc(NN)n1. The van der Waals surface area contributed by atoms with Crippen LogP contribution in [0.2, 0.25) is 0 Å². The summed E-state index contributed by atoms with van der Waals surface area (Å²) in [4.78, 5) is 16.3. The second kappa shape index (κ2) is 7.34. The predicted molar refractivity (Wildman–Crippen MR) is 81.3 cm³/mol. The molecule has 1 aromatic heterocycles. The fraction of sp³-hybridized carbons (Fsp3) is 0.500. The molecule has 1 rings (SSSR count). The highest BCUT2D eigenvalue weighted by atomic mass is 32.2. The second-order valence-corrected chi connectivity index (χ2v) is 6.72. The minimum Gasteiger partial charge on any atom is -0.351 e. The first kappa shape index (κ1) is 17.3. The maximum Gasteiger partial charge on any atom is 0.251 e. The molecule has 0 spiro atoms. The molecule has 0 atom stereocenters. The van der Waals surface area contributed by atoms with E-state index in [-0.39, 0.29) is 24.9 Å². The summed E-state index contributed by atoms with van der Waals surface area (Å²) in [7, 11) is -3.25. The van der Waals surface area contributed by atoms with Gasteiger partial charge in [0, 0.05) is 24.3 Å². The van der Waals surface area contributed by atoms with Crippen LogP contribution < -0.4 is 21.3 Å². The first-order valence-electron chi connectivity index (χ1n) is 6.44. The van der Waals surface area contributed by atoms with E-state index in [0.29, 0.717) is 11.4 Å². The topological polar surface area (TPSA) is 126 Å². The number of nitrogens with two attached hydrogens (primary N) is 1. The standard InChI is InChI=1S/C12H21N5O3S/c1-8(2)10-6-9(7-11(16-10)17-13)12(18)14-4-5-15-21(3,19)20/h6-8,15H,4-5,13H2,1-3H3,(H,14,18)(H,16,17). The molecule has 0 aliphatic heterocycles. The minimum atomic E-state index is -3.25. The van der Waals surface area contributed by atoms with E-state index in [1.807, 2.05) is 13.8 Å². The molecule has 0 bridgehead atoms. The Hall–Kier alpha value is -1.71. The molecule has 9 heteroatoms. The van der Waals surface area contributed by atoms with Gasteiger partial charge in [0.2, 0.25) is 10.0 Å². The number of nitrogens with zero attached hydrogens (tertiary/aromatic N) is 1. The van der Waals surface area contributed by atoms with Gasteiger partial charge in [-0.2, -0.15) is 0 Å². The lowest BCUT2D eigenvalue weighted by atomic mass is 10.1.